The number of carbonyl (C=O) groups is 1. The zero-order valence-corrected chi connectivity index (χ0v) is 20.2. The van der Waals surface area contributed by atoms with Gasteiger partial charge < -0.3 is 25.9 Å². The van der Waals surface area contributed by atoms with Crippen molar-refractivity contribution in [3.05, 3.63) is 47.4 Å². The first-order valence-electron chi connectivity index (χ1n) is 10.4. The molecular weight excluding hydrogens is 489 g/mol. The number of aromatic nitrogens is 1. The van der Waals surface area contributed by atoms with Gasteiger partial charge in [0.15, 0.2) is 9.84 Å². The fourth-order valence-corrected chi connectivity index (χ4v) is 5.56. The van der Waals surface area contributed by atoms with Crippen LogP contribution in [0.1, 0.15) is 43.6 Å². The second-order valence-electron chi connectivity index (χ2n) is 9.28. The summed E-state index contributed by atoms with van der Waals surface area (Å²) in [5.41, 5.74) is -3.41. The number of amides is 1. The van der Waals surface area contributed by atoms with E-state index in [1.165, 1.54) is 19.9 Å². The van der Waals surface area contributed by atoms with Gasteiger partial charge in [0, 0.05) is 24.8 Å². The Morgan fingerprint density at radius 2 is 1.86 bits per heavy atom. The minimum absolute atomic E-state index is 0.0340. The van der Waals surface area contributed by atoms with E-state index in [-0.39, 0.29) is 45.6 Å². The standard InChI is InChI=1S/C22H25F3N4O5S/c1-20(2,31)17(26)14-7-12(19(30)29-21(3)10-35(32,33)11-21)9-27-18(14)28-16-8-13(5-6-15(16)23)34-22(4,24)25/h5-9,26,31H,10-11H2,1-4H3,(H,27,28)(H,29,30). The number of pyridine rings is 1. The van der Waals surface area contributed by atoms with Gasteiger partial charge >= 0.3 is 6.11 Å². The molecule has 1 aliphatic heterocycles. The molecule has 0 unspecified atom stereocenters. The number of halogens is 3. The number of nitrogens with one attached hydrogen (secondary N) is 3. The number of aliphatic hydroxyl groups is 1. The monoisotopic (exact) mass is 514 g/mol. The lowest BCUT2D eigenvalue weighted by Gasteiger charge is -2.38. The molecule has 0 atom stereocenters. The Bertz CT molecular complexity index is 1270. The first kappa shape index (κ1) is 26.4. The van der Waals surface area contributed by atoms with E-state index in [9.17, 15) is 31.5 Å². The van der Waals surface area contributed by atoms with Gasteiger partial charge in [-0.25, -0.2) is 17.8 Å². The fraction of sp³-hybridized carbons (Fsp3) is 0.409. The highest BCUT2D eigenvalue weighted by atomic mass is 32.2. The number of carbonyl (C=O) groups excluding carboxylic acids is 1. The molecule has 1 amide bonds. The number of hydrogen-bond acceptors (Lipinski definition) is 8. The molecule has 0 bridgehead atoms. The largest absolute Gasteiger partial charge is 0.433 e. The normalized spacial score (nSPS) is 16.7. The quantitative estimate of drug-likeness (QED) is 0.397. The Morgan fingerprint density at radius 1 is 1.23 bits per heavy atom. The molecule has 1 aliphatic rings. The summed E-state index contributed by atoms with van der Waals surface area (Å²) in [6, 6.07) is 4.13. The summed E-state index contributed by atoms with van der Waals surface area (Å²) < 4.78 is 68.3. The van der Waals surface area contributed by atoms with E-state index in [0.717, 1.165) is 24.4 Å². The number of alkyl halides is 2. The predicted molar refractivity (Wildman–Crippen MR) is 123 cm³/mol. The van der Waals surface area contributed by atoms with Gasteiger partial charge in [0.25, 0.3) is 5.91 Å². The van der Waals surface area contributed by atoms with E-state index in [4.69, 9.17) is 5.41 Å². The zero-order valence-electron chi connectivity index (χ0n) is 19.4. The van der Waals surface area contributed by atoms with E-state index in [1.54, 1.807) is 6.92 Å². The van der Waals surface area contributed by atoms with Crippen molar-refractivity contribution in [2.24, 2.45) is 0 Å². The van der Waals surface area contributed by atoms with Crippen molar-refractivity contribution < 1.29 is 36.2 Å². The number of benzene rings is 1. The number of sulfone groups is 1. The smallest absolute Gasteiger partial charge is 0.394 e. The topological polar surface area (TPSA) is 141 Å². The first-order chi connectivity index (χ1) is 15.9. The SMILES string of the molecule is CC1(NC(=O)c2cnc(Nc3cc(OC(C)(F)F)ccc3F)c(C(=N)C(C)(C)O)c2)CS(=O)(=O)C1. The molecule has 1 aromatic carbocycles. The number of ether oxygens (including phenoxy) is 1. The molecule has 1 fully saturated rings. The van der Waals surface area contributed by atoms with Crippen molar-refractivity contribution >= 4 is 33.0 Å². The van der Waals surface area contributed by atoms with Gasteiger partial charge in [0.2, 0.25) is 0 Å². The highest BCUT2D eigenvalue weighted by Gasteiger charge is 2.45. The second kappa shape index (κ2) is 8.79. The van der Waals surface area contributed by atoms with E-state index in [0.29, 0.717) is 6.92 Å². The van der Waals surface area contributed by atoms with Gasteiger partial charge in [-0.3, -0.25) is 4.79 Å². The third kappa shape index (κ3) is 6.48. The Hall–Kier alpha value is -3.19. The minimum Gasteiger partial charge on any atom is -0.433 e. The summed E-state index contributed by atoms with van der Waals surface area (Å²) in [7, 11) is -3.22. The highest BCUT2D eigenvalue weighted by molar-refractivity contribution is 7.93. The Balaban J connectivity index is 1.96. The molecule has 0 saturated carbocycles. The maximum atomic E-state index is 14.4. The van der Waals surface area contributed by atoms with Gasteiger partial charge in [0.05, 0.1) is 34.0 Å². The summed E-state index contributed by atoms with van der Waals surface area (Å²) in [5, 5.41) is 23.9. The molecule has 0 radical (unpaired) electrons. The van der Waals surface area contributed by atoms with Crippen LogP contribution in [0, 0.1) is 11.2 Å². The van der Waals surface area contributed by atoms with Crippen molar-refractivity contribution in [1.82, 2.24) is 10.3 Å². The van der Waals surface area contributed by atoms with Crippen LogP contribution in [-0.2, 0) is 9.84 Å². The van der Waals surface area contributed by atoms with Crippen molar-refractivity contribution in [2.75, 3.05) is 16.8 Å². The molecule has 1 aromatic heterocycles. The predicted octanol–water partition coefficient (Wildman–Crippen LogP) is 3.01. The van der Waals surface area contributed by atoms with Crippen LogP contribution in [0.15, 0.2) is 30.5 Å². The van der Waals surface area contributed by atoms with Crippen LogP contribution in [0.25, 0.3) is 0 Å². The molecule has 2 aromatic rings. The van der Waals surface area contributed by atoms with Crippen LogP contribution in [0.2, 0.25) is 0 Å². The average molecular weight is 515 g/mol. The van der Waals surface area contributed by atoms with Gasteiger partial charge in [0.1, 0.15) is 23.0 Å². The molecular formula is C22H25F3N4O5S. The Kier molecular flexibility index (Phi) is 6.63. The van der Waals surface area contributed by atoms with Crippen LogP contribution in [-0.4, -0.2) is 58.9 Å². The number of nitrogens with zero attached hydrogens (tertiary/aromatic N) is 1. The van der Waals surface area contributed by atoms with Crippen molar-refractivity contribution in [1.29, 1.82) is 5.41 Å². The third-order valence-electron chi connectivity index (χ3n) is 5.01. The molecule has 1 saturated heterocycles. The van der Waals surface area contributed by atoms with Crippen LogP contribution in [0.5, 0.6) is 5.75 Å². The molecule has 0 spiro atoms. The summed E-state index contributed by atoms with van der Waals surface area (Å²) in [6.07, 6.45) is -2.39. The maximum Gasteiger partial charge on any atom is 0.394 e. The van der Waals surface area contributed by atoms with Gasteiger partial charge in [-0.1, -0.05) is 0 Å². The van der Waals surface area contributed by atoms with Crippen molar-refractivity contribution in [3.63, 3.8) is 0 Å². The summed E-state index contributed by atoms with van der Waals surface area (Å²) in [5.74, 6) is -2.40. The van der Waals surface area contributed by atoms with E-state index < -0.39 is 38.8 Å². The molecule has 35 heavy (non-hydrogen) atoms. The Labute approximate surface area is 200 Å². The summed E-state index contributed by atoms with van der Waals surface area (Å²) in [6.45, 7) is 4.75. The molecule has 13 heteroatoms. The molecule has 9 nitrogen and oxygen atoms in total. The third-order valence-corrected chi connectivity index (χ3v) is 7.17. The lowest BCUT2D eigenvalue weighted by Crippen LogP contribution is -2.63. The van der Waals surface area contributed by atoms with Crippen LogP contribution in [0.3, 0.4) is 0 Å². The van der Waals surface area contributed by atoms with Crippen LogP contribution >= 0.6 is 0 Å². The summed E-state index contributed by atoms with van der Waals surface area (Å²) >= 11 is 0. The van der Waals surface area contributed by atoms with Gasteiger partial charge in [-0.15, -0.1) is 0 Å². The number of rotatable bonds is 8. The molecule has 2 heterocycles. The first-order valence-corrected chi connectivity index (χ1v) is 12.2. The molecule has 4 N–H and O–H groups in total. The lowest BCUT2D eigenvalue weighted by molar-refractivity contribution is -0.158. The van der Waals surface area contributed by atoms with Crippen LogP contribution < -0.4 is 15.4 Å². The molecule has 190 valence electrons. The van der Waals surface area contributed by atoms with Crippen molar-refractivity contribution in [2.45, 2.75) is 44.9 Å². The van der Waals surface area contributed by atoms with E-state index in [2.05, 4.69) is 20.4 Å². The zero-order chi connectivity index (χ0) is 26.4. The Morgan fingerprint density at radius 3 is 2.40 bits per heavy atom. The van der Waals surface area contributed by atoms with E-state index in [1.807, 2.05) is 0 Å². The van der Waals surface area contributed by atoms with Crippen LogP contribution in [0.4, 0.5) is 24.7 Å². The molecule has 0 aliphatic carbocycles. The van der Waals surface area contributed by atoms with E-state index >= 15 is 0 Å². The molecule has 3 rings (SSSR count). The summed E-state index contributed by atoms with van der Waals surface area (Å²) in [4.78, 5) is 16.8. The van der Waals surface area contributed by atoms with Gasteiger partial charge in [-0.2, -0.15) is 8.78 Å². The van der Waals surface area contributed by atoms with Gasteiger partial charge in [-0.05, 0) is 39.0 Å². The minimum atomic E-state index is -3.51. The fourth-order valence-electron chi connectivity index (χ4n) is 3.55. The van der Waals surface area contributed by atoms with Crippen molar-refractivity contribution in [3.8, 4) is 5.75 Å². The lowest BCUT2D eigenvalue weighted by atomic mass is 9.95. The average Bonchev–Trinajstić information content (AvgIpc) is 2.66. The highest BCUT2D eigenvalue weighted by Crippen LogP contribution is 2.30. The number of anilines is 2. The maximum absolute atomic E-state index is 14.4. The number of hydrogen-bond donors (Lipinski definition) is 4. The second-order valence-corrected chi connectivity index (χ2v) is 11.3.